The van der Waals surface area contributed by atoms with Gasteiger partial charge < -0.3 is 0 Å². The second-order valence-corrected chi connectivity index (χ2v) is 4.71. The van der Waals surface area contributed by atoms with Crippen molar-refractivity contribution in [2.45, 2.75) is 57.0 Å². The van der Waals surface area contributed by atoms with Gasteiger partial charge in [0.15, 0.2) is 17.3 Å². The summed E-state index contributed by atoms with van der Waals surface area (Å²) in [4.78, 5) is 0. The van der Waals surface area contributed by atoms with Gasteiger partial charge in [0.05, 0.1) is 12.8 Å². The van der Waals surface area contributed by atoms with E-state index in [0.29, 0.717) is 5.54 Å². The van der Waals surface area contributed by atoms with Crippen LogP contribution in [0.1, 0.15) is 45.4 Å². The predicted octanol–water partition coefficient (Wildman–Crippen LogP) is 1.95. The van der Waals surface area contributed by atoms with Crippen molar-refractivity contribution >= 4 is 5.71 Å². The monoisotopic (exact) mass is 150 g/mol. The highest BCUT2D eigenvalue weighted by atomic mass is 15.2. The number of hydrogen-bond acceptors (Lipinski definition) is 0. The van der Waals surface area contributed by atoms with Crippen molar-refractivity contribution in [3.8, 4) is 0 Å². The van der Waals surface area contributed by atoms with E-state index < -0.39 is 0 Å². The Morgan fingerprint density at radius 2 is 2.36 bits per heavy atom. The molecule has 0 spiro atoms. The topological polar surface area (TPSA) is 3.01 Å². The zero-order valence-electron chi connectivity index (χ0n) is 7.27. The van der Waals surface area contributed by atoms with Crippen LogP contribution in [0.2, 0.25) is 0 Å². The maximum atomic E-state index is 2.72. The number of hydrogen-bond donors (Lipinski definition) is 0. The molecule has 1 heteroatoms. The summed E-state index contributed by atoms with van der Waals surface area (Å²) in [7, 11) is 0. The van der Waals surface area contributed by atoms with Gasteiger partial charge >= 0.3 is 0 Å². The van der Waals surface area contributed by atoms with Gasteiger partial charge in [-0.3, -0.25) is 0 Å². The van der Waals surface area contributed by atoms with E-state index >= 15 is 0 Å². The van der Waals surface area contributed by atoms with Crippen LogP contribution >= 0.6 is 0 Å². The second kappa shape index (κ2) is 1.70. The van der Waals surface area contributed by atoms with Gasteiger partial charge in [0.25, 0.3) is 0 Å². The van der Waals surface area contributed by atoms with Gasteiger partial charge in [0, 0.05) is 19.8 Å². The molecule has 0 amide bonds. The summed E-state index contributed by atoms with van der Waals surface area (Å²) < 4.78 is 2.72. The first-order valence-corrected chi connectivity index (χ1v) is 4.94. The third-order valence-corrected chi connectivity index (χ3v) is 3.80. The van der Waals surface area contributed by atoms with Crippen LogP contribution in [0.3, 0.4) is 0 Å². The van der Waals surface area contributed by atoms with Crippen molar-refractivity contribution in [3.63, 3.8) is 0 Å². The molecule has 0 N–H and O–H groups in total. The maximum Gasteiger partial charge on any atom is 0.175 e. The number of nitrogens with zero attached hydrogens (tertiary/aromatic N) is 1. The van der Waals surface area contributed by atoms with Gasteiger partial charge in [0.2, 0.25) is 0 Å². The largest absolute Gasteiger partial charge is 0.228 e. The van der Waals surface area contributed by atoms with Crippen LogP contribution in [0.15, 0.2) is 0 Å². The van der Waals surface area contributed by atoms with Gasteiger partial charge in [0.1, 0.15) is 0 Å². The lowest BCUT2D eigenvalue weighted by Gasteiger charge is -2.48. The third kappa shape index (κ3) is 0.605. The van der Waals surface area contributed by atoms with Crippen molar-refractivity contribution < 1.29 is 4.58 Å². The molecule has 0 aliphatic carbocycles. The summed E-state index contributed by atoms with van der Waals surface area (Å²) in [6, 6.07) is 0.964. The minimum absolute atomic E-state index is 0.643. The van der Waals surface area contributed by atoms with Gasteiger partial charge in [-0.2, -0.15) is 0 Å². The fourth-order valence-electron chi connectivity index (χ4n) is 3.41. The van der Waals surface area contributed by atoms with Crippen LogP contribution in [-0.2, 0) is 0 Å². The molecule has 3 aliphatic heterocycles. The molecule has 0 aromatic heterocycles. The molecule has 0 saturated carbocycles. The van der Waals surface area contributed by atoms with Crippen LogP contribution in [0, 0.1) is 0 Å². The molecule has 0 aromatic carbocycles. The normalized spacial score (nSPS) is 47.2. The van der Waals surface area contributed by atoms with Crippen LogP contribution < -0.4 is 0 Å². The SMILES string of the molecule is CC12CC3=[N+]1[C@@H](CCCC3)C2. The highest BCUT2D eigenvalue weighted by Gasteiger charge is 2.63. The lowest BCUT2D eigenvalue weighted by Crippen LogP contribution is -2.68. The summed E-state index contributed by atoms with van der Waals surface area (Å²) in [5.41, 5.74) is 2.42. The Balaban J connectivity index is 1.98. The van der Waals surface area contributed by atoms with Gasteiger partial charge in [-0.1, -0.05) is 0 Å². The molecule has 3 rings (SSSR count). The molecule has 3 aliphatic rings. The molecule has 60 valence electrons. The lowest BCUT2D eigenvalue weighted by atomic mass is 9.70. The minimum Gasteiger partial charge on any atom is -0.228 e. The fourth-order valence-corrected chi connectivity index (χ4v) is 3.41. The Labute approximate surface area is 68.1 Å². The Hall–Kier alpha value is -0.330. The summed E-state index contributed by atoms with van der Waals surface area (Å²) in [5.74, 6) is 0. The molecule has 11 heavy (non-hydrogen) atoms. The van der Waals surface area contributed by atoms with Crippen molar-refractivity contribution in [3.05, 3.63) is 0 Å². The van der Waals surface area contributed by atoms with E-state index in [1.54, 1.807) is 5.71 Å². The average Bonchev–Trinajstić information content (AvgIpc) is 1.99. The smallest absolute Gasteiger partial charge is 0.175 e. The van der Waals surface area contributed by atoms with Crippen LogP contribution in [0.5, 0.6) is 0 Å². The van der Waals surface area contributed by atoms with E-state index in [9.17, 15) is 0 Å². The Bertz CT molecular complexity index is 241. The lowest BCUT2D eigenvalue weighted by molar-refractivity contribution is -0.728. The molecule has 0 bridgehead atoms. The second-order valence-electron chi connectivity index (χ2n) is 4.71. The first kappa shape index (κ1) is 6.22. The van der Waals surface area contributed by atoms with E-state index in [1.165, 1.54) is 38.5 Å². The van der Waals surface area contributed by atoms with Crippen LogP contribution in [0.25, 0.3) is 0 Å². The van der Waals surface area contributed by atoms with E-state index in [0.717, 1.165) is 6.04 Å². The summed E-state index contributed by atoms with van der Waals surface area (Å²) in [6.45, 7) is 2.43. The zero-order chi connectivity index (χ0) is 7.47. The van der Waals surface area contributed by atoms with E-state index in [4.69, 9.17) is 0 Å². The first-order valence-electron chi connectivity index (χ1n) is 4.94. The minimum atomic E-state index is 0.643. The molecule has 1 saturated heterocycles. The predicted molar refractivity (Wildman–Crippen MR) is 45.2 cm³/mol. The Kier molecular flexibility index (Phi) is 0.961. The highest BCUT2D eigenvalue weighted by molar-refractivity contribution is 5.85. The fraction of sp³-hybridized carbons (Fsp3) is 0.900. The van der Waals surface area contributed by atoms with Gasteiger partial charge in [-0.25, -0.2) is 4.58 Å². The molecule has 1 fully saturated rings. The molecule has 3 heterocycles. The quantitative estimate of drug-likeness (QED) is 0.464. The molecule has 0 radical (unpaired) electrons. The Morgan fingerprint density at radius 3 is 3.18 bits per heavy atom. The maximum absolute atomic E-state index is 2.72. The average molecular weight is 150 g/mol. The van der Waals surface area contributed by atoms with E-state index in [-0.39, 0.29) is 0 Å². The highest BCUT2D eigenvalue weighted by Crippen LogP contribution is 2.46. The van der Waals surface area contributed by atoms with Gasteiger partial charge in [-0.15, -0.1) is 0 Å². The zero-order valence-corrected chi connectivity index (χ0v) is 7.27. The summed E-state index contributed by atoms with van der Waals surface area (Å²) in [6.07, 6.45) is 8.71. The third-order valence-electron chi connectivity index (χ3n) is 3.80. The van der Waals surface area contributed by atoms with Crippen molar-refractivity contribution in [2.24, 2.45) is 0 Å². The molecule has 1 nitrogen and oxygen atoms in total. The first-order chi connectivity index (χ1) is 5.30. The van der Waals surface area contributed by atoms with Crippen LogP contribution in [-0.4, -0.2) is 21.9 Å². The number of rotatable bonds is 0. The summed E-state index contributed by atoms with van der Waals surface area (Å²) in [5, 5.41) is 0. The molecule has 2 atom stereocenters. The molecular weight excluding hydrogens is 134 g/mol. The van der Waals surface area contributed by atoms with E-state index in [2.05, 4.69) is 11.5 Å². The Morgan fingerprint density at radius 1 is 1.45 bits per heavy atom. The van der Waals surface area contributed by atoms with Crippen molar-refractivity contribution in [2.75, 3.05) is 0 Å². The van der Waals surface area contributed by atoms with Crippen LogP contribution in [0.4, 0.5) is 0 Å². The van der Waals surface area contributed by atoms with Crippen molar-refractivity contribution in [1.29, 1.82) is 0 Å². The molecule has 1 unspecified atom stereocenters. The van der Waals surface area contributed by atoms with Crippen molar-refractivity contribution in [1.82, 2.24) is 0 Å². The summed E-state index contributed by atoms with van der Waals surface area (Å²) >= 11 is 0. The standard InChI is InChI=1S/C10H16N/c1-10-6-8-4-2-3-5-9(7-10)11(8)10/h8H,2-7H2,1H3/q+1/t8-,10?/m0/s1. The van der Waals surface area contributed by atoms with Gasteiger partial charge in [-0.05, 0) is 12.8 Å². The molecule has 0 aromatic rings. The van der Waals surface area contributed by atoms with E-state index in [1.807, 2.05) is 0 Å². The molecular formula is C10H16N+.